The fraction of sp³-hybridized carbons (Fsp3) is 0.231. The van der Waals surface area contributed by atoms with Crippen LogP contribution in [0.4, 0.5) is 10.5 Å². The van der Waals surface area contributed by atoms with Crippen LogP contribution in [0.3, 0.4) is 0 Å². The van der Waals surface area contributed by atoms with Crippen LogP contribution in [0.2, 0.25) is 0 Å². The van der Waals surface area contributed by atoms with Gasteiger partial charge in [0.1, 0.15) is 5.41 Å². The molecule has 1 aromatic carbocycles. The summed E-state index contributed by atoms with van der Waals surface area (Å²) in [6.45, 7) is 2.86. The zero-order valence-electron chi connectivity index (χ0n) is 11.0. The van der Waals surface area contributed by atoms with Crippen molar-refractivity contribution < 1.29 is 19.2 Å². The summed E-state index contributed by atoms with van der Waals surface area (Å²) >= 11 is 0. The topological polar surface area (TPSA) is 110 Å². The minimum atomic E-state index is -1.34. The first-order valence-corrected chi connectivity index (χ1v) is 5.85. The van der Waals surface area contributed by atoms with Crippen LogP contribution in [0.1, 0.15) is 24.2 Å². The van der Waals surface area contributed by atoms with Crippen LogP contribution in [0, 0.1) is 5.41 Å². The molecule has 1 aliphatic heterocycles. The zero-order valence-corrected chi connectivity index (χ0v) is 11.0. The van der Waals surface area contributed by atoms with Gasteiger partial charge in [-0.15, -0.1) is 0 Å². The molecule has 0 radical (unpaired) electrons. The zero-order chi connectivity index (χ0) is 15.1. The van der Waals surface area contributed by atoms with Gasteiger partial charge in [-0.1, -0.05) is 0 Å². The number of carbonyl (C=O) groups is 4. The molecule has 0 spiro atoms. The second kappa shape index (κ2) is 4.44. The lowest BCUT2D eigenvalue weighted by atomic mass is 9.88. The molecule has 1 aromatic rings. The monoisotopic (exact) mass is 275 g/mol. The maximum absolute atomic E-state index is 12.2. The summed E-state index contributed by atoms with van der Waals surface area (Å²) in [4.78, 5) is 47.5. The molecule has 0 atom stereocenters. The minimum Gasteiger partial charge on any atom is -0.366 e. The number of rotatable bonds is 2. The van der Waals surface area contributed by atoms with E-state index < -0.39 is 29.2 Å². The number of carbonyl (C=O) groups excluding carboxylic acids is 4. The van der Waals surface area contributed by atoms with Crippen LogP contribution in [0.25, 0.3) is 0 Å². The lowest BCUT2D eigenvalue weighted by Crippen LogP contribution is -2.62. The van der Waals surface area contributed by atoms with Crippen molar-refractivity contribution in [3.05, 3.63) is 29.8 Å². The molecule has 0 aromatic heterocycles. The van der Waals surface area contributed by atoms with Crippen molar-refractivity contribution in [2.75, 3.05) is 4.90 Å². The van der Waals surface area contributed by atoms with Crippen LogP contribution >= 0.6 is 0 Å². The van der Waals surface area contributed by atoms with Crippen LogP contribution in [-0.2, 0) is 9.59 Å². The number of imide groups is 2. The van der Waals surface area contributed by atoms with E-state index in [1.807, 2.05) is 0 Å². The number of nitrogens with one attached hydrogen (secondary N) is 1. The normalized spacial score (nSPS) is 17.9. The van der Waals surface area contributed by atoms with Gasteiger partial charge in [-0.25, -0.2) is 9.69 Å². The van der Waals surface area contributed by atoms with Gasteiger partial charge in [0.15, 0.2) is 0 Å². The molecule has 1 fully saturated rings. The van der Waals surface area contributed by atoms with Gasteiger partial charge < -0.3 is 5.73 Å². The molecule has 1 heterocycles. The lowest BCUT2D eigenvalue weighted by molar-refractivity contribution is -0.140. The first-order valence-electron chi connectivity index (χ1n) is 5.85. The predicted octanol–water partition coefficient (Wildman–Crippen LogP) is 0.394. The third-order valence-corrected chi connectivity index (χ3v) is 3.14. The number of barbiturate groups is 1. The molecule has 7 heteroatoms. The smallest absolute Gasteiger partial charge is 0.335 e. The molecular formula is C13H13N3O4. The van der Waals surface area contributed by atoms with Crippen LogP contribution in [0.5, 0.6) is 0 Å². The number of hydrogen-bond donors (Lipinski definition) is 2. The van der Waals surface area contributed by atoms with Gasteiger partial charge in [0.2, 0.25) is 17.7 Å². The van der Waals surface area contributed by atoms with Crippen LogP contribution < -0.4 is 16.0 Å². The van der Waals surface area contributed by atoms with Crippen LogP contribution in [0.15, 0.2) is 24.3 Å². The third kappa shape index (κ3) is 2.03. The molecule has 0 bridgehead atoms. The van der Waals surface area contributed by atoms with Crippen molar-refractivity contribution in [2.24, 2.45) is 11.1 Å². The number of benzene rings is 1. The Hall–Kier alpha value is -2.70. The Morgan fingerprint density at radius 1 is 1.15 bits per heavy atom. The summed E-state index contributed by atoms with van der Waals surface area (Å²) in [5, 5.41) is 2.12. The van der Waals surface area contributed by atoms with Crippen molar-refractivity contribution in [1.29, 1.82) is 0 Å². The van der Waals surface area contributed by atoms with Crippen molar-refractivity contribution in [3.8, 4) is 0 Å². The number of nitrogens with two attached hydrogens (primary N) is 1. The van der Waals surface area contributed by atoms with E-state index in [0.717, 1.165) is 4.90 Å². The molecule has 7 nitrogen and oxygen atoms in total. The summed E-state index contributed by atoms with van der Waals surface area (Å²) in [5.74, 6) is -1.88. The van der Waals surface area contributed by atoms with Gasteiger partial charge in [-0.05, 0) is 38.1 Å². The molecule has 3 N–H and O–H groups in total. The molecular weight excluding hydrogens is 262 g/mol. The van der Waals surface area contributed by atoms with Gasteiger partial charge in [0, 0.05) is 5.56 Å². The predicted molar refractivity (Wildman–Crippen MR) is 69.8 cm³/mol. The second-order valence-corrected chi connectivity index (χ2v) is 4.94. The van der Waals surface area contributed by atoms with Crippen molar-refractivity contribution >= 4 is 29.4 Å². The van der Waals surface area contributed by atoms with Gasteiger partial charge in [-0.2, -0.15) is 0 Å². The highest BCUT2D eigenvalue weighted by Gasteiger charge is 2.47. The molecule has 5 amide bonds. The highest BCUT2D eigenvalue weighted by atomic mass is 16.2. The van der Waals surface area contributed by atoms with Crippen molar-refractivity contribution in [2.45, 2.75) is 13.8 Å². The van der Waals surface area contributed by atoms with E-state index in [0.29, 0.717) is 0 Å². The number of hydrogen-bond acceptors (Lipinski definition) is 4. The van der Waals surface area contributed by atoms with E-state index in [9.17, 15) is 19.2 Å². The van der Waals surface area contributed by atoms with Crippen LogP contribution in [-0.4, -0.2) is 23.8 Å². The molecule has 0 unspecified atom stereocenters. The Morgan fingerprint density at radius 3 is 2.20 bits per heavy atom. The SMILES string of the molecule is CC1(C)C(=O)NC(=O)N(c2ccc(C(N)=O)cc2)C1=O. The van der Waals surface area contributed by atoms with E-state index in [2.05, 4.69) is 5.32 Å². The standard InChI is InChI=1S/C13H13N3O4/c1-13(2)10(18)15-12(20)16(11(13)19)8-5-3-7(4-6-8)9(14)17/h3-6H,1-2H3,(H2,14,17)(H,15,18,20). The summed E-state index contributed by atoms with van der Waals surface area (Å²) in [6, 6.07) is 4.84. The maximum atomic E-state index is 12.2. The Bertz CT molecular complexity index is 619. The van der Waals surface area contributed by atoms with Gasteiger partial charge in [0.25, 0.3) is 0 Å². The minimum absolute atomic E-state index is 0.258. The van der Waals surface area contributed by atoms with Crippen molar-refractivity contribution in [1.82, 2.24) is 5.32 Å². The van der Waals surface area contributed by atoms with E-state index in [1.54, 1.807) is 0 Å². The Labute approximate surface area is 114 Å². The molecule has 104 valence electrons. The van der Waals surface area contributed by atoms with E-state index in [1.165, 1.54) is 38.1 Å². The molecule has 0 saturated carbocycles. The average Bonchev–Trinajstić information content (AvgIpc) is 2.37. The Balaban J connectivity index is 2.40. The van der Waals surface area contributed by atoms with Gasteiger partial charge in [-0.3, -0.25) is 19.7 Å². The first-order chi connectivity index (χ1) is 9.25. The second-order valence-electron chi connectivity index (χ2n) is 4.94. The number of anilines is 1. The van der Waals surface area contributed by atoms with E-state index >= 15 is 0 Å². The summed E-state index contributed by atoms with van der Waals surface area (Å²) in [6.07, 6.45) is 0. The van der Waals surface area contributed by atoms with Crippen molar-refractivity contribution in [3.63, 3.8) is 0 Å². The number of amides is 5. The number of nitrogens with zero attached hydrogens (tertiary/aromatic N) is 1. The summed E-state index contributed by atoms with van der Waals surface area (Å²) in [5.41, 5.74) is 4.30. The summed E-state index contributed by atoms with van der Waals surface area (Å²) < 4.78 is 0. The first kappa shape index (κ1) is 13.7. The average molecular weight is 275 g/mol. The molecule has 1 saturated heterocycles. The van der Waals surface area contributed by atoms with Gasteiger partial charge in [0.05, 0.1) is 5.69 Å². The fourth-order valence-corrected chi connectivity index (χ4v) is 1.79. The maximum Gasteiger partial charge on any atom is 0.335 e. The van der Waals surface area contributed by atoms with E-state index in [-0.39, 0.29) is 11.3 Å². The molecule has 2 rings (SSSR count). The third-order valence-electron chi connectivity index (χ3n) is 3.14. The van der Waals surface area contributed by atoms with Gasteiger partial charge >= 0.3 is 6.03 Å². The summed E-state index contributed by atoms with van der Waals surface area (Å²) in [7, 11) is 0. The quantitative estimate of drug-likeness (QED) is 0.761. The number of urea groups is 1. The largest absolute Gasteiger partial charge is 0.366 e. The van der Waals surface area contributed by atoms with E-state index in [4.69, 9.17) is 5.73 Å². The lowest BCUT2D eigenvalue weighted by Gasteiger charge is -2.34. The fourth-order valence-electron chi connectivity index (χ4n) is 1.79. The highest BCUT2D eigenvalue weighted by Crippen LogP contribution is 2.28. The Morgan fingerprint density at radius 2 is 1.70 bits per heavy atom. The number of primary amides is 1. The molecule has 0 aliphatic carbocycles. The Kier molecular flexibility index (Phi) is 3.05. The molecule has 1 aliphatic rings. The molecule has 20 heavy (non-hydrogen) atoms. The highest BCUT2D eigenvalue weighted by molar-refractivity contribution is 6.29.